The second-order valence-corrected chi connectivity index (χ2v) is 4.70. The van der Waals surface area contributed by atoms with Gasteiger partial charge in [0.15, 0.2) is 0 Å². The Kier molecular flexibility index (Phi) is 5.95. The third-order valence-corrected chi connectivity index (χ3v) is 2.72. The lowest BCUT2D eigenvalue weighted by atomic mass is 10.1. The minimum Gasteiger partial charge on any atom is -0.497 e. The molecule has 1 aromatic rings. The summed E-state index contributed by atoms with van der Waals surface area (Å²) in [5.41, 5.74) is 6.94. The van der Waals surface area contributed by atoms with Gasteiger partial charge in [-0.3, -0.25) is 0 Å². The van der Waals surface area contributed by atoms with Gasteiger partial charge in [0.2, 0.25) is 0 Å². The van der Waals surface area contributed by atoms with Crippen LogP contribution in [0.2, 0.25) is 0 Å². The van der Waals surface area contributed by atoms with E-state index in [2.05, 4.69) is 19.0 Å². The molecule has 0 unspecified atom stereocenters. The number of ether oxygens (including phenoxy) is 2. The number of rotatable bonds is 7. The molecule has 0 heterocycles. The molecule has 0 spiro atoms. The van der Waals surface area contributed by atoms with E-state index < -0.39 is 0 Å². The predicted molar refractivity (Wildman–Crippen MR) is 74.3 cm³/mol. The average molecular weight is 252 g/mol. The zero-order chi connectivity index (χ0) is 13.5. The van der Waals surface area contributed by atoms with Crippen molar-refractivity contribution < 1.29 is 9.47 Å². The molecule has 1 aromatic carbocycles. The number of hydrogen-bond acceptors (Lipinski definition) is 4. The Bertz CT molecular complexity index is 365. The molecule has 2 N–H and O–H groups in total. The first-order valence-corrected chi connectivity index (χ1v) is 6.25. The van der Waals surface area contributed by atoms with Crippen LogP contribution >= 0.6 is 0 Å². The van der Waals surface area contributed by atoms with Crippen LogP contribution in [0.25, 0.3) is 0 Å². The monoisotopic (exact) mass is 252 g/mol. The summed E-state index contributed by atoms with van der Waals surface area (Å²) in [6.45, 7) is 3.65. The molecule has 0 fully saturated rings. The Morgan fingerprint density at radius 3 is 2.61 bits per heavy atom. The van der Waals surface area contributed by atoms with Gasteiger partial charge in [-0.2, -0.15) is 0 Å². The Morgan fingerprint density at radius 1 is 1.33 bits per heavy atom. The molecule has 0 aliphatic carbocycles. The normalized spacial score (nSPS) is 12.6. The van der Waals surface area contributed by atoms with Gasteiger partial charge >= 0.3 is 0 Å². The highest BCUT2D eigenvalue weighted by molar-refractivity contribution is 5.42. The van der Waals surface area contributed by atoms with Crippen molar-refractivity contribution in [2.45, 2.75) is 19.4 Å². The molecule has 0 aliphatic rings. The van der Waals surface area contributed by atoms with Gasteiger partial charge in [0.05, 0.1) is 13.7 Å². The summed E-state index contributed by atoms with van der Waals surface area (Å²) >= 11 is 0. The fraction of sp³-hybridized carbons (Fsp3) is 0.571. The highest BCUT2D eigenvalue weighted by Gasteiger charge is 2.09. The van der Waals surface area contributed by atoms with Gasteiger partial charge < -0.3 is 20.1 Å². The molecule has 1 rings (SSSR count). The first kappa shape index (κ1) is 14.8. The van der Waals surface area contributed by atoms with E-state index in [1.54, 1.807) is 7.11 Å². The average Bonchev–Trinajstić information content (AvgIpc) is 2.33. The fourth-order valence-electron chi connectivity index (χ4n) is 1.71. The minimum absolute atomic E-state index is 0.0419. The summed E-state index contributed by atoms with van der Waals surface area (Å²) in [5, 5.41) is 0. The number of benzene rings is 1. The zero-order valence-electron chi connectivity index (χ0n) is 11.8. The van der Waals surface area contributed by atoms with Crippen molar-refractivity contribution in [3.05, 3.63) is 23.8 Å². The molecule has 0 bridgehead atoms. The standard InChI is InChI=1S/C14H24N2O2/c1-11(15)13-7-6-12(17-4)10-14(13)18-9-5-8-16(2)3/h6-7,10-11H,5,8-9,15H2,1-4H3/t11-/m1/s1. The third-order valence-electron chi connectivity index (χ3n) is 2.72. The summed E-state index contributed by atoms with van der Waals surface area (Å²) in [4.78, 5) is 2.14. The van der Waals surface area contributed by atoms with Crippen LogP contribution in [0.4, 0.5) is 0 Å². The quantitative estimate of drug-likeness (QED) is 0.754. The van der Waals surface area contributed by atoms with E-state index in [1.807, 2.05) is 25.1 Å². The molecule has 0 saturated carbocycles. The molecule has 4 heteroatoms. The van der Waals surface area contributed by atoms with Gasteiger partial charge in [0.1, 0.15) is 11.5 Å². The van der Waals surface area contributed by atoms with Gasteiger partial charge in [-0.05, 0) is 33.5 Å². The van der Waals surface area contributed by atoms with E-state index in [4.69, 9.17) is 15.2 Å². The molecule has 102 valence electrons. The molecule has 0 aromatic heterocycles. The van der Waals surface area contributed by atoms with E-state index in [0.717, 1.165) is 30.0 Å². The van der Waals surface area contributed by atoms with E-state index in [9.17, 15) is 0 Å². The summed E-state index contributed by atoms with van der Waals surface area (Å²) in [6.07, 6.45) is 0.989. The van der Waals surface area contributed by atoms with Crippen LogP contribution in [0.5, 0.6) is 11.5 Å². The van der Waals surface area contributed by atoms with E-state index in [-0.39, 0.29) is 6.04 Å². The van der Waals surface area contributed by atoms with Crippen LogP contribution in [0.1, 0.15) is 24.9 Å². The highest BCUT2D eigenvalue weighted by atomic mass is 16.5. The first-order valence-electron chi connectivity index (χ1n) is 6.25. The van der Waals surface area contributed by atoms with Crippen LogP contribution < -0.4 is 15.2 Å². The molecular weight excluding hydrogens is 228 g/mol. The Balaban J connectivity index is 2.66. The maximum absolute atomic E-state index is 5.93. The second-order valence-electron chi connectivity index (χ2n) is 4.70. The molecule has 0 aliphatic heterocycles. The van der Waals surface area contributed by atoms with Crippen molar-refractivity contribution in [3.8, 4) is 11.5 Å². The van der Waals surface area contributed by atoms with E-state index >= 15 is 0 Å². The van der Waals surface area contributed by atoms with Crippen molar-refractivity contribution in [1.29, 1.82) is 0 Å². The molecule has 18 heavy (non-hydrogen) atoms. The van der Waals surface area contributed by atoms with Crippen LogP contribution in [0.15, 0.2) is 18.2 Å². The van der Waals surface area contributed by atoms with Gasteiger partial charge in [0, 0.05) is 24.2 Å². The number of hydrogen-bond donors (Lipinski definition) is 1. The zero-order valence-corrected chi connectivity index (χ0v) is 11.8. The fourth-order valence-corrected chi connectivity index (χ4v) is 1.71. The summed E-state index contributed by atoms with van der Waals surface area (Å²) < 4.78 is 11.0. The lowest BCUT2D eigenvalue weighted by Crippen LogP contribution is -2.16. The van der Waals surface area contributed by atoms with Gasteiger partial charge in [-0.15, -0.1) is 0 Å². The molecule has 4 nitrogen and oxygen atoms in total. The van der Waals surface area contributed by atoms with Crippen molar-refractivity contribution in [2.24, 2.45) is 5.73 Å². The van der Waals surface area contributed by atoms with Gasteiger partial charge in [-0.1, -0.05) is 6.07 Å². The van der Waals surface area contributed by atoms with Crippen molar-refractivity contribution in [3.63, 3.8) is 0 Å². The third kappa shape index (κ3) is 4.55. The van der Waals surface area contributed by atoms with Gasteiger partial charge in [-0.25, -0.2) is 0 Å². The number of nitrogens with two attached hydrogens (primary N) is 1. The highest BCUT2D eigenvalue weighted by Crippen LogP contribution is 2.28. The lowest BCUT2D eigenvalue weighted by molar-refractivity contribution is 0.277. The van der Waals surface area contributed by atoms with Crippen LogP contribution in [-0.2, 0) is 0 Å². The SMILES string of the molecule is COc1ccc([C@@H](C)N)c(OCCCN(C)C)c1. The summed E-state index contributed by atoms with van der Waals surface area (Å²) in [7, 11) is 5.76. The Hall–Kier alpha value is -1.26. The maximum Gasteiger partial charge on any atom is 0.127 e. The van der Waals surface area contributed by atoms with Crippen molar-refractivity contribution in [1.82, 2.24) is 4.90 Å². The summed E-state index contributed by atoms with van der Waals surface area (Å²) in [6, 6.07) is 5.73. The molecule has 0 radical (unpaired) electrons. The van der Waals surface area contributed by atoms with E-state index in [0.29, 0.717) is 6.61 Å². The van der Waals surface area contributed by atoms with Crippen LogP contribution in [-0.4, -0.2) is 39.3 Å². The first-order chi connectivity index (χ1) is 8.54. The van der Waals surface area contributed by atoms with Crippen molar-refractivity contribution in [2.75, 3.05) is 34.4 Å². The molecule has 1 atom stereocenters. The lowest BCUT2D eigenvalue weighted by Gasteiger charge is -2.16. The maximum atomic E-state index is 5.93. The Labute approximate surface area is 110 Å². The number of methoxy groups -OCH3 is 1. The van der Waals surface area contributed by atoms with Crippen LogP contribution in [0, 0.1) is 0 Å². The minimum atomic E-state index is -0.0419. The summed E-state index contributed by atoms with van der Waals surface area (Å²) in [5.74, 6) is 1.62. The second kappa shape index (κ2) is 7.24. The van der Waals surface area contributed by atoms with E-state index in [1.165, 1.54) is 0 Å². The molecule has 0 amide bonds. The molecule has 0 saturated heterocycles. The van der Waals surface area contributed by atoms with Crippen molar-refractivity contribution >= 4 is 0 Å². The van der Waals surface area contributed by atoms with Crippen LogP contribution in [0.3, 0.4) is 0 Å². The predicted octanol–water partition coefficient (Wildman–Crippen LogP) is 2.05. The Morgan fingerprint density at radius 2 is 2.06 bits per heavy atom. The largest absolute Gasteiger partial charge is 0.497 e. The van der Waals surface area contributed by atoms with Gasteiger partial charge in [0.25, 0.3) is 0 Å². The smallest absolute Gasteiger partial charge is 0.127 e. The molecular formula is C14H24N2O2. The topological polar surface area (TPSA) is 47.7 Å². The number of nitrogens with zero attached hydrogens (tertiary/aromatic N) is 1.